The number of aryl methyl sites for hydroxylation is 1. The minimum Gasteiger partial charge on any atom is -0.508 e. The summed E-state index contributed by atoms with van der Waals surface area (Å²) in [5, 5.41) is 12.4. The molecule has 19 heavy (non-hydrogen) atoms. The van der Waals surface area contributed by atoms with Crippen LogP contribution in [0.25, 0.3) is 0 Å². The summed E-state index contributed by atoms with van der Waals surface area (Å²) in [6, 6.07) is 10.6. The minimum atomic E-state index is -0.214. The summed E-state index contributed by atoms with van der Waals surface area (Å²) in [5.74, 6) is -0.0480. The molecule has 2 aromatic rings. The zero-order chi connectivity index (χ0) is 14.0. The fourth-order valence-corrected chi connectivity index (χ4v) is 2.47. The number of anilines is 1. The van der Waals surface area contributed by atoms with Crippen LogP contribution in [-0.2, 0) is 0 Å². The van der Waals surface area contributed by atoms with Crippen molar-refractivity contribution < 1.29 is 9.90 Å². The Hall–Kier alpha value is -1.08. The highest BCUT2D eigenvalue weighted by molar-refractivity contribution is 14.1. The van der Waals surface area contributed by atoms with Gasteiger partial charge < -0.3 is 10.4 Å². The number of benzene rings is 2. The summed E-state index contributed by atoms with van der Waals surface area (Å²) in [6.45, 7) is 1.80. The molecule has 0 spiro atoms. The second-order valence-electron chi connectivity index (χ2n) is 4.08. The van der Waals surface area contributed by atoms with Gasteiger partial charge in [-0.1, -0.05) is 6.07 Å². The smallest absolute Gasteiger partial charge is 0.256 e. The van der Waals surface area contributed by atoms with E-state index in [0.29, 0.717) is 11.3 Å². The molecule has 0 unspecified atom stereocenters. The van der Waals surface area contributed by atoms with Crippen molar-refractivity contribution in [2.45, 2.75) is 6.92 Å². The number of phenols is 1. The van der Waals surface area contributed by atoms with E-state index in [2.05, 4.69) is 43.8 Å². The summed E-state index contributed by atoms with van der Waals surface area (Å²) in [7, 11) is 0. The van der Waals surface area contributed by atoms with Crippen molar-refractivity contribution in [2.75, 3.05) is 5.32 Å². The number of nitrogens with one attached hydrogen (secondary N) is 1. The predicted octanol–water partition coefficient (Wildman–Crippen LogP) is 4.32. The summed E-state index contributed by atoms with van der Waals surface area (Å²) in [4.78, 5) is 12.2. The van der Waals surface area contributed by atoms with Gasteiger partial charge in [0.05, 0.1) is 5.56 Å². The van der Waals surface area contributed by atoms with Crippen LogP contribution >= 0.6 is 38.5 Å². The molecule has 2 aromatic carbocycles. The molecule has 0 atom stereocenters. The van der Waals surface area contributed by atoms with Crippen molar-refractivity contribution in [3.63, 3.8) is 0 Å². The fourth-order valence-electron chi connectivity index (χ4n) is 1.56. The standard InChI is InChI=1S/C14H11BrINO2/c1-8-2-4-10(7-13(8)18)17-14(19)11-6-9(16)3-5-12(11)15/h2-7,18H,1H3,(H,17,19). The Labute approximate surface area is 133 Å². The van der Waals surface area contributed by atoms with Gasteiger partial charge in [-0.3, -0.25) is 4.79 Å². The maximum atomic E-state index is 12.2. The van der Waals surface area contributed by atoms with Gasteiger partial charge in [-0.2, -0.15) is 0 Å². The minimum absolute atomic E-state index is 0.166. The van der Waals surface area contributed by atoms with Crippen LogP contribution in [0.4, 0.5) is 5.69 Å². The average molecular weight is 432 g/mol. The molecular weight excluding hydrogens is 421 g/mol. The molecule has 3 nitrogen and oxygen atoms in total. The number of aromatic hydroxyl groups is 1. The van der Waals surface area contributed by atoms with Gasteiger partial charge in [0.1, 0.15) is 5.75 Å². The number of amides is 1. The van der Waals surface area contributed by atoms with Gasteiger partial charge >= 0.3 is 0 Å². The zero-order valence-corrected chi connectivity index (χ0v) is 13.8. The van der Waals surface area contributed by atoms with E-state index >= 15 is 0 Å². The van der Waals surface area contributed by atoms with Gasteiger partial charge in [0.25, 0.3) is 5.91 Å². The normalized spacial score (nSPS) is 10.3. The van der Waals surface area contributed by atoms with Gasteiger partial charge in [-0.05, 0) is 75.3 Å². The van der Waals surface area contributed by atoms with Crippen molar-refractivity contribution in [3.8, 4) is 5.75 Å². The molecule has 2 rings (SSSR count). The van der Waals surface area contributed by atoms with Crippen LogP contribution in [0, 0.1) is 10.5 Å². The second kappa shape index (κ2) is 5.92. The van der Waals surface area contributed by atoms with Gasteiger partial charge in [0.2, 0.25) is 0 Å². The lowest BCUT2D eigenvalue weighted by molar-refractivity contribution is 0.102. The molecule has 1 amide bonds. The largest absolute Gasteiger partial charge is 0.508 e. The SMILES string of the molecule is Cc1ccc(NC(=O)c2cc(I)ccc2Br)cc1O. The molecule has 0 aliphatic heterocycles. The topological polar surface area (TPSA) is 49.3 Å². The van der Waals surface area contributed by atoms with Gasteiger partial charge in [0, 0.05) is 19.8 Å². The Morgan fingerprint density at radius 1 is 1.26 bits per heavy atom. The van der Waals surface area contributed by atoms with Crippen molar-refractivity contribution >= 4 is 50.1 Å². The quantitative estimate of drug-likeness (QED) is 0.695. The zero-order valence-electron chi connectivity index (χ0n) is 10.1. The molecule has 98 valence electrons. The van der Waals surface area contributed by atoms with Crippen LogP contribution in [0.5, 0.6) is 5.75 Å². The highest BCUT2D eigenvalue weighted by atomic mass is 127. The first-order chi connectivity index (χ1) is 8.97. The number of hydrogen-bond donors (Lipinski definition) is 2. The summed E-state index contributed by atoms with van der Waals surface area (Å²) >= 11 is 5.51. The lowest BCUT2D eigenvalue weighted by Gasteiger charge is -2.08. The highest BCUT2D eigenvalue weighted by Gasteiger charge is 2.11. The van der Waals surface area contributed by atoms with Crippen LogP contribution in [0.2, 0.25) is 0 Å². The molecule has 0 fully saturated rings. The molecule has 0 bridgehead atoms. The molecule has 0 aromatic heterocycles. The van der Waals surface area contributed by atoms with Crippen LogP contribution in [0.15, 0.2) is 40.9 Å². The predicted molar refractivity (Wildman–Crippen MR) is 87.7 cm³/mol. The van der Waals surface area contributed by atoms with Crippen LogP contribution in [0.1, 0.15) is 15.9 Å². The maximum absolute atomic E-state index is 12.2. The maximum Gasteiger partial charge on any atom is 0.256 e. The van der Waals surface area contributed by atoms with Crippen molar-refractivity contribution in [1.29, 1.82) is 0 Å². The first kappa shape index (κ1) is 14.3. The Balaban J connectivity index is 2.25. The van der Waals surface area contributed by atoms with Crippen molar-refractivity contribution in [3.05, 3.63) is 55.6 Å². The van der Waals surface area contributed by atoms with E-state index in [9.17, 15) is 9.90 Å². The number of phenolic OH excluding ortho intramolecular Hbond substituents is 1. The molecule has 5 heteroatoms. The Bertz CT molecular complexity index is 643. The first-order valence-corrected chi connectivity index (χ1v) is 7.40. The third kappa shape index (κ3) is 3.48. The van der Waals surface area contributed by atoms with Crippen LogP contribution < -0.4 is 5.32 Å². The monoisotopic (exact) mass is 431 g/mol. The molecule has 0 heterocycles. The average Bonchev–Trinajstić information content (AvgIpc) is 2.36. The molecular formula is C14H11BrINO2. The van der Waals surface area contributed by atoms with E-state index in [1.807, 2.05) is 12.1 Å². The first-order valence-electron chi connectivity index (χ1n) is 5.53. The van der Waals surface area contributed by atoms with E-state index in [4.69, 9.17) is 0 Å². The van der Waals surface area contributed by atoms with Gasteiger partial charge in [0.15, 0.2) is 0 Å². The Morgan fingerprint density at radius 3 is 2.68 bits per heavy atom. The van der Waals surface area contributed by atoms with E-state index in [-0.39, 0.29) is 11.7 Å². The van der Waals surface area contributed by atoms with Crippen molar-refractivity contribution in [1.82, 2.24) is 0 Å². The summed E-state index contributed by atoms with van der Waals surface area (Å²) in [5.41, 5.74) is 1.90. The number of carbonyl (C=O) groups is 1. The Kier molecular flexibility index (Phi) is 4.46. The number of carbonyl (C=O) groups excluding carboxylic acids is 1. The molecule has 0 radical (unpaired) electrons. The fraction of sp³-hybridized carbons (Fsp3) is 0.0714. The van der Waals surface area contributed by atoms with E-state index in [1.165, 1.54) is 6.07 Å². The number of halogens is 2. The second-order valence-corrected chi connectivity index (χ2v) is 6.18. The summed E-state index contributed by atoms with van der Waals surface area (Å²) in [6.07, 6.45) is 0. The summed E-state index contributed by atoms with van der Waals surface area (Å²) < 4.78 is 1.72. The molecule has 0 aliphatic rings. The van der Waals surface area contributed by atoms with Gasteiger partial charge in [-0.25, -0.2) is 0 Å². The van der Waals surface area contributed by atoms with Crippen molar-refractivity contribution in [2.24, 2.45) is 0 Å². The van der Waals surface area contributed by atoms with Crippen LogP contribution in [-0.4, -0.2) is 11.0 Å². The Morgan fingerprint density at radius 2 is 2.00 bits per heavy atom. The van der Waals surface area contributed by atoms with Gasteiger partial charge in [-0.15, -0.1) is 0 Å². The third-order valence-corrected chi connectivity index (χ3v) is 4.00. The lowest BCUT2D eigenvalue weighted by atomic mass is 10.2. The molecule has 2 N–H and O–H groups in total. The molecule has 0 saturated carbocycles. The highest BCUT2D eigenvalue weighted by Crippen LogP contribution is 2.23. The van der Waals surface area contributed by atoms with E-state index in [0.717, 1.165) is 13.6 Å². The lowest BCUT2D eigenvalue weighted by Crippen LogP contribution is -2.12. The third-order valence-electron chi connectivity index (χ3n) is 2.64. The van der Waals surface area contributed by atoms with E-state index in [1.54, 1.807) is 25.1 Å². The number of rotatable bonds is 2. The molecule has 0 saturated heterocycles. The molecule has 0 aliphatic carbocycles. The number of hydrogen-bond acceptors (Lipinski definition) is 2. The van der Waals surface area contributed by atoms with Crippen LogP contribution in [0.3, 0.4) is 0 Å². The van der Waals surface area contributed by atoms with E-state index < -0.39 is 0 Å².